The zero-order chi connectivity index (χ0) is 15.7. The summed E-state index contributed by atoms with van der Waals surface area (Å²) in [6.07, 6.45) is 3.47. The van der Waals surface area contributed by atoms with Crippen molar-refractivity contribution in [2.45, 2.75) is 79.3 Å². The fraction of sp³-hybridized carbons (Fsp3) is 0.875. The minimum atomic E-state index is -0.207. The zero-order valence-electron chi connectivity index (χ0n) is 14.1. The van der Waals surface area contributed by atoms with Crippen LogP contribution in [0, 0.1) is 0 Å². The number of nitrogens with zero attached hydrogens (tertiary/aromatic N) is 2. The number of fused-ring (bicyclic) bond motifs is 1. The fourth-order valence-electron chi connectivity index (χ4n) is 2.86. The Balaban J connectivity index is 0.000000829. The summed E-state index contributed by atoms with van der Waals surface area (Å²) >= 11 is 0. The Labute approximate surface area is 124 Å². The summed E-state index contributed by atoms with van der Waals surface area (Å²) in [5.74, 6) is 0.337. The van der Waals surface area contributed by atoms with E-state index < -0.39 is 0 Å². The van der Waals surface area contributed by atoms with E-state index in [1.54, 1.807) is 9.80 Å². The predicted octanol–water partition coefficient (Wildman–Crippen LogP) is 3.06. The lowest BCUT2D eigenvalue weighted by Crippen LogP contribution is -2.62. The second-order valence-corrected chi connectivity index (χ2v) is 4.65. The summed E-state index contributed by atoms with van der Waals surface area (Å²) in [5.41, 5.74) is 0. The van der Waals surface area contributed by atoms with E-state index in [2.05, 4.69) is 0 Å². The lowest BCUT2D eigenvalue weighted by Gasteiger charge is -2.42. The Morgan fingerprint density at radius 3 is 2.15 bits per heavy atom. The van der Waals surface area contributed by atoms with Crippen LogP contribution < -0.4 is 0 Å². The Bertz CT molecular complexity index is 305. The molecule has 2 unspecified atom stereocenters. The smallest absolute Gasteiger partial charge is 0.246 e. The van der Waals surface area contributed by atoms with Crippen molar-refractivity contribution in [3.63, 3.8) is 0 Å². The van der Waals surface area contributed by atoms with Crippen LogP contribution in [0.25, 0.3) is 0 Å². The van der Waals surface area contributed by atoms with Gasteiger partial charge < -0.3 is 9.80 Å². The van der Waals surface area contributed by atoms with E-state index in [9.17, 15) is 9.59 Å². The summed E-state index contributed by atoms with van der Waals surface area (Å²) < 4.78 is 0. The van der Waals surface area contributed by atoms with E-state index in [0.29, 0.717) is 6.54 Å². The first-order valence-electron chi connectivity index (χ1n) is 8.31. The molecule has 2 aliphatic heterocycles. The van der Waals surface area contributed by atoms with Crippen LogP contribution in [0.5, 0.6) is 0 Å². The van der Waals surface area contributed by atoms with Crippen LogP contribution in [-0.2, 0) is 9.59 Å². The minimum absolute atomic E-state index is 0.151. The SMILES string of the molecule is CC.CC.CCCN1C(=O)C2CCCN2C(=O)C1CC. The number of amides is 2. The molecular weight excluding hydrogens is 252 g/mol. The van der Waals surface area contributed by atoms with E-state index in [4.69, 9.17) is 0 Å². The number of rotatable bonds is 3. The molecule has 20 heavy (non-hydrogen) atoms. The van der Waals surface area contributed by atoms with Gasteiger partial charge in [-0.15, -0.1) is 0 Å². The van der Waals surface area contributed by atoms with Gasteiger partial charge in [0.1, 0.15) is 12.1 Å². The van der Waals surface area contributed by atoms with Gasteiger partial charge in [-0.1, -0.05) is 41.5 Å². The third-order valence-electron chi connectivity index (χ3n) is 3.62. The Morgan fingerprint density at radius 2 is 1.65 bits per heavy atom. The van der Waals surface area contributed by atoms with Crippen molar-refractivity contribution >= 4 is 11.8 Å². The molecule has 0 N–H and O–H groups in total. The molecule has 2 aliphatic rings. The molecule has 0 saturated carbocycles. The molecule has 0 aromatic rings. The van der Waals surface area contributed by atoms with E-state index in [0.717, 1.165) is 32.2 Å². The first-order chi connectivity index (χ1) is 9.70. The molecule has 118 valence electrons. The van der Waals surface area contributed by atoms with Crippen LogP contribution >= 0.6 is 0 Å². The van der Waals surface area contributed by atoms with Gasteiger partial charge in [-0.2, -0.15) is 0 Å². The van der Waals surface area contributed by atoms with Gasteiger partial charge in [-0.05, 0) is 25.7 Å². The third-order valence-corrected chi connectivity index (χ3v) is 3.62. The van der Waals surface area contributed by atoms with Crippen LogP contribution in [0.15, 0.2) is 0 Å². The quantitative estimate of drug-likeness (QED) is 0.799. The molecule has 2 amide bonds. The molecule has 4 heteroatoms. The highest BCUT2D eigenvalue weighted by atomic mass is 16.2. The largest absolute Gasteiger partial charge is 0.329 e. The Kier molecular flexibility index (Phi) is 9.26. The standard InChI is InChI=1S/C12H20N2O2.2C2H6/c1-3-7-13-9(4-2)11(15)14-8-5-6-10(14)12(13)16;2*1-2/h9-10H,3-8H2,1-2H3;2*1-2H3. The number of hydrogen-bond donors (Lipinski definition) is 0. The van der Waals surface area contributed by atoms with Gasteiger partial charge in [0.05, 0.1) is 0 Å². The molecule has 2 fully saturated rings. The minimum Gasteiger partial charge on any atom is -0.329 e. The first-order valence-corrected chi connectivity index (χ1v) is 8.31. The second kappa shape index (κ2) is 9.78. The van der Waals surface area contributed by atoms with Crippen LogP contribution in [0.4, 0.5) is 0 Å². The van der Waals surface area contributed by atoms with E-state index in [1.165, 1.54) is 0 Å². The summed E-state index contributed by atoms with van der Waals surface area (Å²) in [4.78, 5) is 28.0. The van der Waals surface area contributed by atoms with E-state index in [-0.39, 0.29) is 23.9 Å². The van der Waals surface area contributed by atoms with Crippen LogP contribution in [-0.4, -0.2) is 46.8 Å². The molecule has 2 rings (SSSR count). The first kappa shape index (κ1) is 18.9. The molecule has 2 atom stereocenters. The summed E-state index contributed by atoms with van der Waals surface area (Å²) in [6, 6.07) is -0.358. The maximum absolute atomic E-state index is 12.2. The molecule has 0 radical (unpaired) electrons. The number of hydrogen-bond acceptors (Lipinski definition) is 2. The summed E-state index contributed by atoms with van der Waals surface area (Å²) in [7, 11) is 0. The van der Waals surface area contributed by atoms with Crippen molar-refractivity contribution < 1.29 is 9.59 Å². The van der Waals surface area contributed by atoms with Crippen molar-refractivity contribution in [1.82, 2.24) is 9.80 Å². The maximum Gasteiger partial charge on any atom is 0.246 e. The van der Waals surface area contributed by atoms with Crippen molar-refractivity contribution in [3.05, 3.63) is 0 Å². The maximum atomic E-state index is 12.2. The van der Waals surface area contributed by atoms with Gasteiger partial charge in [0.15, 0.2) is 0 Å². The van der Waals surface area contributed by atoms with Crippen molar-refractivity contribution in [2.75, 3.05) is 13.1 Å². The van der Waals surface area contributed by atoms with Gasteiger partial charge in [0, 0.05) is 13.1 Å². The molecule has 2 saturated heterocycles. The summed E-state index contributed by atoms with van der Waals surface area (Å²) in [5, 5.41) is 0. The molecule has 2 heterocycles. The number of carbonyl (C=O) groups is 2. The van der Waals surface area contributed by atoms with E-state index in [1.807, 2.05) is 41.5 Å². The van der Waals surface area contributed by atoms with Gasteiger partial charge in [-0.3, -0.25) is 9.59 Å². The fourth-order valence-corrected chi connectivity index (χ4v) is 2.86. The lowest BCUT2D eigenvalue weighted by molar-refractivity contribution is -0.159. The molecule has 0 spiro atoms. The lowest BCUT2D eigenvalue weighted by atomic mass is 10.0. The predicted molar refractivity (Wildman–Crippen MR) is 83.5 cm³/mol. The van der Waals surface area contributed by atoms with Crippen LogP contribution in [0.3, 0.4) is 0 Å². The molecule has 4 nitrogen and oxygen atoms in total. The molecule has 0 aliphatic carbocycles. The molecular formula is C16H32N2O2. The normalized spacial score (nSPS) is 24.5. The summed E-state index contributed by atoms with van der Waals surface area (Å²) in [6.45, 7) is 13.5. The average molecular weight is 284 g/mol. The van der Waals surface area contributed by atoms with Gasteiger partial charge >= 0.3 is 0 Å². The third kappa shape index (κ3) is 3.74. The highest BCUT2D eigenvalue weighted by Gasteiger charge is 2.46. The van der Waals surface area contributed by atoms with Crippen molar-refractivity contribution in [2.24, 2.45) is 0 Å². The van der Waals surface area contributed by atoms with E-state index >= 15 is 0 Å². The van der Waals surface area contributed by atoms with Crippen molar-refractivity contribution in [1.29, 1.82) is 0 Å². The zero-order valence-corrected chi connectivity index (χ0v) is 14.1. The Morgan fingerprint density at radius 1 is 1.05 bits per heavy atom. The molecule has 0 aromatic carbocycles. The monoisotopic (exact) mass is 284 g/mol. The topological polar surface area (TPSA) is 40.6 Å². The van der Waals surface area contributed by atoms with Crippen LogP contribution in [0.2, 0.25) is 0 Å². The molecule has 0 bridgehead atoms. The second-order valence-electron chi connectivity index (χ2n) is 4.65. The number of piperazine rings is 1. The van der Waals surface area contributed by atoms with Gasteiger partial charge in [0.25, 0.3) is 0 Å². The average Bonchev–Trinajstić information content (AvgIpc) is 2.99. The van der Waals surface area contributed by atoms with Crippen LogP contribution in [0.1, 0.15) is 67.2 Å². The van der Waals surface area contributed by atoms with Crippen molar-refractivity contribution in [3.8, 4) is 0 Å². The Hall–Kier alpha value is -1.06. The number of carbonyl (C=O) groups excluding carboxylic acids is 2. The van der Waals surface area contributed by atoms with Gasteiger partial charge in [0.2, 0.25) is 11.8 Å². The molecule has 0 aromatic heterocycles. The van der Waals surface area contributed by atoms with Gasteiger partial charge in [-0.25, -0.2) is 0 Å². The highest BCUT2D eigenvalue weighted by Crippen LogP contribution is 2.28. The highest BCUT2D eigenvalue weighted by molar-refractivity contribution is 5.97.